The Labute approximate surface area is 139 Å². The van der Waals surface area contributed by atoms with Gasteiger partial charge in [0.05, 0.1) is 0 Å². The number of nitrogens with one attached hydrogen (secondary N) is 1. The van der Waals surface area contributed by atoms with E-state index >= 15 is 0 Å². The second-order valence-corrected chi connectivity index (χ2v) is 7.36. The van der Waals surface area contributed by atoms with Crippen molar-refractivity contribution in [1.29, 1.82) is 0 Å². The summed E-state index contributed by atoms with van der Waals surface area (Å²) in [6.45, 7) is 0. The van der Waals surface area contributed by atoms with Gasteiger partial charge in [-0.05, 0) is 66.5 Å². The lowest BCUT2D eigenvalue weighted by atomic mass is 9.80. The first-order valence-electron chi connectivity index (χ1n) is 7.15. The van der Waals surface area contributed by atoms with Crippen molar-refractivity contribution in [2.75, 3.05) is 0 Å². The maximum absolute atomic E-state index is 6.29. The molecule has 1 heterocycles. The largest absolute Gasteiger partial charge is 0.271 e. The zero-order valence-corrected chi connectivity index (χ0v) is 13.9. The Kier molecular flexibility index (Phi) is 4.87. The molecule has 112 valence electrons. The number of rotatable bonds is 4. The van der Waals surface area contributed by atoms with E-state index in [1.165, 1.54) is 23.3 Å². The zero-order valence-electron chi connectivity index (χ0n) is 11.6. The molecule has 0 radical (unpaired) electrons. The van der Waals surface area contributed by atoms with Crippen LogP contribution in [0.5, 0.6) is 0 Å². The first-order chi connectivity index (χ1) is 10.2. The van der Waals surface area contributed by atoms with Gasteiger partial charge in [0.2, 0.25) is 0 Å². The molecular weight excluding hydrogens is 323 g/mol. The summed E-state index contributed by atoms with van der Waals surface area (Å²) in [4.78, 5) is 1.50. The summed E-state index contributed by atoms with van der Waals surface area (Å²) in [6, 6.07) is 8.02. The Balaban J connectivity index is 1.85. The van der Waals surface area contributed by atoms with Gasteiger partial charge in [-0.1, -0.05) is 23.2 Å². The molecule has 2 nitrogen and oxygen atoms in total. The summed E-state index contributed by atoms with van der Waals surface area (Å²) < 4.78 is 0. The Morgan fingerprint density at radius 2 is 2.19 bits per heavy atom. The lowest BCUT2D eigenvalue weighted by Crippen LogP contribution is -2.42. The minimum absolute atomic E-state index is 0.176. The number of nitrogens with two attached hydrogens (primary N) is 1. The number of hydrogen-bond acceptors (Lipinski definition) is 3. The second kappa shape index (κ2) is 6.67. The molecule has 2 unspecified atom stereocenters. The minimum atomic E-state index is 0.176. The third kappa shape index (κ3) is 3.27. The van der Waals surface area contributed by atoms with E-state index in [0.29, 0.717) is 10.9 Å². The number of fused-ring (bicyclic) bond motifs is 1. The number of hydrogen-bond donors (Lipinski definition) is 2. The van der Waals surface area contributed by atoms with Gasteiger partial charge in [-0.15, -0.1) is 11.3 Å². The predicted molar refractivity (Wildman–Crippen MR) is 91.3 cm³/mol. The average Bonchev–Trinajstić information content (AvgIpc) is 2.96. The highest BCUT2D eigenvalue weighted by atomic mass is 35.5. The summed E-state index contributed by atoms with van der Waals surface area (Å²) in [7, 11) is 0. The van der Waals surface area contributed by atoms with Crippen molar-refractivity contribution in [2.24, 2.45) is 5.84 Å². The summed E-state index contributed by atoms with van der Waals surface area (Å²) in [5.41, 5.74) is 5.50. The highest BCUT2D eigenvalue weighted by molar-refractivity contribution is 7.10. The molecule has 0 aliphatic heterocycles. The van der Waals surface area contributed by atoms with Crippen molar-refractivity contribution in [3.63, 3.8) is 0 Å². The van der Waals surface area contributed by atoms with E-state index in [1.54, 1.807) is 0 Å². The molecule has 1 aliphatic carbocycles. The molecule has 0 amide bonds. The van der Waals surface area contributed by atoms with Crippen LogP contribution in [0.3, 0.4) is 0 Å². The highest BCUT2D eigenvalue weighted by Gasteiger charge is 2.28. The number of halogens is 2. The van der Waals surface area contributed by atoms with Crippen LogP contribution in [0.4, 0.5) is 0 Å². The van der Waals surface area contributed by atoms with Gasteiger partial charge in [-0.25, -0.2) is 0 Å². The molecular formula is C16H18Cl2N2S. The van der Waals surface area contributed by atoms with E-state index in [4.69, 9.17) is 29.0 Å². The van der Waals surface area contributed by atoms with Crippen LogP contribution in [0.25, 0.3) is 0 Å². The van der Waals surface area contributed by atoms with Crippen LogP contribution < -0.4 is 11.3 Å². The molecule has 1 aromatic heterocycles. The smallest absolute Gasteiger partial charge is 0.0439 e. The number of benzene rings is 1. The summed E-state index contributed by atoms with van der Waals surface area (Å²) >= 11 is 14.2. The zero-order chi connectivity index (χ0) is 14.8. The van der Waals surface area contributed by atoms with Crippen molar-refractivity contribution in [2.45, 2.75) is 37.6 Å². The van der Waals surface area contributed by atoms with E-state index in [0.717, 1.165) is 23.4 Å². The Morgan fingerprint density at radius 3 is 3.00 bits per heavy atom. The van der Waals surface area contributed by atoms with Crippen molar-refractivity contribution < 1.29 is 0 Å². The van der Waals surface area contributed by atoms with E-state index in [9.17, 15) is 0 Å². The normalized spacial score (nSPS) is 19.3. The molecule has 5 heteroatoms. The van der Waals surface area contributed by atoms with Crippen molar-refractivity contribution >= 4 is 34.5 Å². The first kappa shape index (κ1) is 15.3. The van der Waals surface area contributed by atoms with Gasteiger partial charge in [0, 0.05) is 26.9 Å². The molecule has 1 aliphatic rings. The SMILES string of the molecule is NNC(Cc1cc(Cl)ccc1Cl)C1CCCc2sccc21. The van der Waals surface area contributed by atoms with Gasteiger partial charge in [-0.2, -0.15) is 0 Å². The third-order valence-corrected chi connectivity index (χ3v) is 5.85. The third-order valence-electron chi connectivity index (χ3n) is 4.25. The van der Waals surface area contributed by atoms with Crippen molar-refractivity contribution in [3.05, 3.63) is 55.7 Å². The fraction of sp³-hybridized carbons (Fsp3) is 0.375. The Bertz CT molecular complexity index is 626. The molecule has 0 spiro atoms. The molecule has 0 bridgehead atoms. The van der Waals surface area contributed by atoms with Gasteiger partial charge in [0.15, 0.2) is 0 Å². The van der Waals surface area contributed by atoms with Gasteiger partial charge >= 0.3 is 0 Å². The van der Waals surface area contributed by atoms with Gasteiger partial charge in [-0.3, -0.25) is 11.3 Å². The van der Waals surface area contributed by atoms with Crippen LogP contribution in [0.15, 0.2) is 29.6 Å². The molecule has 0 saturated heterocycles. The van der Waals surface area contributed by atoms with Gasteiger partial charge in [0.1, 0.15) is 0 Å². The quantitative estimate of drug-likeness (QED) is 0.632. The molecule has 1 aromatic carbocycles. The fourth-order valence-electron chi connectivity index (χ4n) is 3.19. The Morgan fingerprint density at radius 1 is 1.33 bits per heavy atom. The number of thiophene rings is 1. The number of hydrazine groups is 1. The molecule has 2 atom stereocenters. The monoisotopic (exact) mass is 340 g/mol. The second-order valence-electron chi connectivity index (χ2n) is 5.51. The average molecular weight is 341 g/mol. The maximum Gasteiger partial charge on any atom is 0.0439 e. The van der Waals surface area contributed by atoms with Crippen molar-refractivity contribution in [3.8, 4) is 0 Å². The molecule has 2 aromatic rings. The Hall–Kier alpha value is -0.580. The van der Waals surface area contributed by atoms with Crippen LogP contribution in [0.1, 0.15) is 34.8 Å². The molecule has 3 N–H and O–H groups in total. The van der Waals surface area contributed by atoms with Gasteiger partial charge in [0.25, 0.3) is 0 Å². The van der Waals surface area contributed by atoms with E-state index in [1.807, 2.05) is 29.5 Å². The van der Waals surface area contributed by atoms with E-state index in [-0.39, 0.29) is 6.04 Å². The fourth-order valence-corrected chi connectivity index (χ4v) is 4.58. The molecule has 3 rings (SSSR count). The molecule has 0 saturated carbocycles. The van der Waals surface area contributed by atoms with E-state index in [2.05, 4.69) is 16.9 Å². The predicted octanol–water partition coefficient (Wildman–Crippen LogP) is 4.55. The lowest BCUT2D eigenvalue weighted by Gasteiger charge is -2.30. The summed E-state index contributed by atoms with van der Waals surface area (Å²) in [5, 5.41) is 3.65. The van der Waals surface area contributed by atoms with Crippen LogP contribution in [0, 0.1) is 0 Å². The van der Waals surface area contributed by atoms with Crippen LogP contribution >= 0.6 is 34.5 Å². The highest BCUT2D eigenvalue weighted by Crippen LogP contribution is 2.38. The number of aryl methyl sites for hydroxylation is 1. The molecule has 0 fully saturated rings. The van der Waals surface area contributed by atoms with E-state index < -0.39 is 0 Å². The van der Waals surface area contributed by atoms with Crippen LogP contribution in [-0.4, -0.2) is 6.04 Å². The summed E-state index contributed by atoms with van der Waals surface area (Å²) in [5.74, 6) is 6.29. The first-order valence-corrected chi connectivity index (χ1v) is 8.79. The summed E-state index contributed by atoms with van der Waals surface area (Å²) in [6.07, 6.45) is 4.37. The van der Waals surface area contributed by atoms with Gasteiger partial charge < -0.3 is 0 Å². The van der Waals surface area contributed by atoms with Crippen molar-refractivity contribution in [1.82, 2.24) is 5.43 Å². The maximum atomic E-state index is 6.29. The van der Waals surface area contributed by atoms with Crippen LogP contribution in [0.2, 0.25) is 10.0 Å². The lowest BCUT2D eigenvalue weighted by molar-refractivity contribution is 0.397. The topological polar surface area (TPSA) is 38.0 Å². The van der Waals surface area contributed by atoms with Crippen LogP contribution in [-0.2, 0) is 12.8 Å². The standard InChI is InChI=1S/C16H18Cl2N2S/c17-11-4-5-14(18)10(8-11)9-15(20-19)12-2-1-3-16-13(12)6-7-21-16/h4-8,12,15,20H,1-3,9,19H2. The molecule has 21 heavy (non-hydrogen) atoms. The minimum Gasteiger partial charge on any atom is -0.271 e.